The van der Waals surface area contributed by atoms with Gasteiger partial charge in [0.25, 0.3) is 15.9 Å². The number of rotatable bonds is 6. The van der Waals surface area contributed by atoms with E-state index >= 15 is 0 Å². The zero-order valence-corrected chi connectivity index (χ0v) is 19.1. The van der Waals surface area contributed by atoms with E-state index in [-0.39, 0.29) is 10.5 Å². The Morgan fingerprint density at radius 2 is 1.67 bits per heavy atom. The van der Waals surface area contributed by atoms with Crippen LogP contribution >= 0.6 is 11.6 Å². The van der Waals surface area contributed by atoms with Crippen LogP contribution in [-0.4, -0.2) is 33.3 Å². The molecular weight excluding hydrogens is 466 g/mol. The van der Waals surface area contributed by atoms with Crippen LogP contribution in [0.25, 0.3) is 0 Å². The van der Waals surface area contributed by atoms with Crippen molar-refractivity contribution < 1.29 is 22.7 Å². The van der Waals surface area contributed by atoms with Gasteiger partial charge in [0.1, 0.15) is 13.2 Å². The van der Waals surface area contributed by atoms with E-state index in [2.05, 4.69) is 15.2 Å². The molecule has 0 saturated heterocycles. The molecule has 0 saturated carbocycles. The molecule has 33 heavy (non-hydrogen) atoms. The van der Waals surface area contributed by atoms with Gasteiger partial charge in [-0.3, -0.25) is 9.52 Å². The Hall–Kier alpha value is -3.56. The summed E-state index contributed by atoms with van der Waals surface area (Å²) in [6.45, 7) is 2.71. The van der Waals surface area contributed by atoms with Gasteiger partial charge in [0, 0.05) is 21.8 Å². The molecule has 3 aromatic carbocycles. The minimum Gasteiger partial charge on any atom is -0.486 e. The molecule has 8 nitrogen and oxygen atoms in total. The number of carbonyl (C=O) groups excluding carboxylic acids is 1. The molecule has 4 rings (SSSR count). The Bertz CT molecular complexity index is 1320. The maximum atomic E-state index is 12.7. The maximum absolute atomic E-state index is 12.7. The number of fused-ring (bicyclic) bond motifs is 1. The Kier molecular flexibility index (Phi) is 6.52. The van der Waals surface area contributed by atoms with Gasteiger partial charge < -0.3 is 9.47 Å². The summed E-state index contributed by atoms with van der Waals surface area (Å²) in [7, 11) is -3.90. The summed E-state index contributed by atoms with van der Waals surface area (Å²) < 4.78 is 38.9. The van der Waals surface area contributed by atoms with Gasteiger partial charge in [-0.05, 0) is 67.6 Å². The monoisotopic (exact) mass is 485 g/mol. The van der Waals surface area contributed by atoms with Crippen molar-refractivity contribution in [2.24, 2.45) is 5.10 Å². The zero-order chi connectivity index (χ0) is 23.4. The summed E-state index contributed by atoms with van der Waals surface area (Å²) in [6, 6.07) is 17.3. The van der Waals surface area contributed by atoms with Crippen LogP contribution in [0.1, 0.15) is 22.8 Å². The Morgan fingerprint density at radius 3 is 2.42 bits per heavy atom. The lowest BCUT2D eigenvalue weighted by atomic mass is 10.1. The molecule has 0 atom stereocenters. The molecule has 10 heteroatoms. The van der Waals surface area contributed by atoms with Crippen LogP contribution in [0.3, 0.4) is 0 Å². The van der Waals surface area contributed by atoms with Gasteiger partial charge in [-0.1, -0.05) is 17.7 Å². The number of sulfonamides is 1. The highest BCUT2D eigenvalue weighted by Crippen LogP contribution is 2.30. The fourth-order valence-corrected chi connectivity index (χ4v) is 4.30. The van der Waals surface area contributed by atoms with Crippen LogP contribution in [0.2, 0.25) is 5.02 Å². The van der Waals surface area contributed by atoms with Crippen molar-refractivity contribution in [1.29, 1.82) is 0 Å². The fraction of sp³-hybridized carbons (Fsp3) is 0.130. The van der Waals surface area contributed by atoms with Crippen LogP contribution in [0.5, 0.6) is 11.5 Å². The molecule has 0 aliphatic carbocycles. The minimum absolute atomic E-state index is 0.0577. The first-order chi connectivity index (χ1) is 15.8. The average molecular weight is 486 g/mol. The first-order valence-corrected chi connectivity index (χ1v) is 11.8. The number of amides is 1. The summed E-state index contributed by atoms with van der Waals surface area (Å²) in [5, 5.41) is 4.62. The van der Waals surface area contributed by atoms with E-state index in [4.69, 9.17) is 21.1 Å². The number of hydrogen-bond acceptors (Lipinski definition) is 6. The van der Waals surface area contributed by atoms with Gasteiger partial charge in [-0.15, -0.1) is 0 Å². The second-order valence-corrected chi connectivity index (χ2v) is 9.26. The summed E-state index contributed by atoms with van der Waals surface area (Å²) in [4.78, 5) is 12.5. The third kappa shape index (κ3) is 5.44. The highest BCUT2D eigenvalue weighted by atomic mass is 35.5. The predicted octanol–water partition coefficient (Wildman–Crippen LogP) is 4.07. The van der Waals surface area contributed by atoms with Gasteiger partial charge in [0.05, 0.1) is 10.6 Å². The van der Waals surface area contributed by atoms with E-state index in [1.54, 1.807) is 43.3 Å². The van der Waals surface area contributed by atoms with Crippen molar-refractivity contribution in [3.63, 3.8) is 0 Å². The number of halogens is 1. The van der Waals surface area contributed by atoms with Crippen molar-refractivity contribution in [2.45, 2.75) is 11.8 Å². The van der Waals surface area contributed by atoms with E-state index in [0.717, 1.165) is 5.56 Å². The lowest BCUT2D eigenvalue weighted by Crippen LogP contribution is -2.20. The number of nitrogens with one attached hydrogen (secondary N) is 2. The molecule has 0 bridgehead atoms. The molecule has 1 heterocycles. The average Bonchev–Trinajstić information content (AvgIpc) is 2.83. The number of hydrazone groups is 1. The second kappa shape index (κ2) is 9.51. The SMILES string of the molecule is CC(=NNC(=O)c1cccc(S(=O)(=O)Nc2ccc(Cl)cc2)c1)c1ccc2c(c1)OCCO2. The molecule has 0 spiro atoms. The Labute approximate surface area is 196 Å². The summed E-state index contributed by atoms with van der Waals surface area (Å²) in [5.74, 6) is 0.730. The van der Waals surface area contributed by atoms with Crippen LogP contribution in [0.15, 0.2) is 76.7 Å². The van der Waals surface area contributed by atoms with E-state index < -0.39 is 15.9 Å². The van der Waals surface area contributed by atoms with E-state index in [0.29, 0.717) is 41.1 Å². The maximum Gasteiger partial charge on any atom is 0.271 e. The van der Waals surface area contributed by atoms with E-state index in [1.165, 1.54) is 24.3 Å². The topological polar surface area (TPSA) is 106 Å². The molecule has 0 aromatic heterocycles. The number of benzene rings is 3. The molecule has 170 valence electrons. The molecule has 3 aromatic rings. The molecular formula is C23H20ClN3O5S. The van der Waals surface area contributed by atoms with Gasteiger partial charge in [0.15, 0.2) is 11.5 Å². The standard InChI is InChI=1S/C23H20ClN3O5S/c1-15(16-5-10-21-22(14-16)32-12-11-31-21)25-26-23(28)17-3-2-4-20(13-17)33(29,30)27-19-8-6-18(24)7-9-19/h2-10,13-14,27H,11-12H2,1H3,(H,26,28). The lowest BCUT2D eigenvalue weighted by Gasteiger charge is -2.18. The van der Waals surface area contributed by atoms with Crippen molar-refractivity contribution >= 4 is 38.9 Å². The van der Waals surface area contributed by atoms with E-state index in [1.807, 2.05) is 6.07 Å². The van der Waals surface area contributed by atoms with Crippen molar-refractivity contribution in [3.05, 3.63) is 82.9 Å². The first kappa shape index (κ1) is 22.6. The lowest BCUT2D eigenvalue weighted by molar-refractivity contribution is 0.0954. The molecule has 1 amide bonds. The third-order valence-corrected chi connectivity index (χ3v) is 6.42. The highest BCUT2D eigenvalue weighted by Gasteiger charge is 2.17. The van der Waals surface area contributed by atoms with Gasteiger partial charge in [0.2, 0.25) is 0 Å². The molecule has 1 aliphatic rings. The quantitative estimate of drug-likeness (QED) is 0.404. The molecule has 0 fully saturated rings. The molecule has 1 aliphatic heterocycles. The van der Waals surface area contributed by atoms with Crippen LogP contribution < -0.4 is 19.6 Å². The van der Waals surface area contributed by atoms with Crippen molar-refractivity contribution in [2.75, 3.05) is 17.9 Å². The predicted molar refractivity (Wildman–Crippen MR) is 126 cm³/mol. The smallest absolute Gasteiger partial charge is 0.271 e. The van der Waals surface area contributed by atoms with Gasteiger partial charge >= 0.3 is 0 Å². The molecule has 0 unspecified atom stereocenters. The first-order valence-electron chi connectivity index (χ1n) is 9.95. The highest BCUT2D eigenvalue weighted by molar-refractivity contribution is 7.92. The number of carbonyl (C=O) groups is 1. The number of anilines is 1. The number of nitrogens with zero attached hydrogens (tertiary/aromatic N) is 1. The largest absolute Gasteiger partial charge is 0.486 e. The summed E-state index contributed by atoms with van der Waals surface area (Å²) >= 11 is 5.83. The Morgan fingerprint density at radius 1 is 0.939 bits per heavy atom. The summed E-state index contributed by atoms with van der Waals surface area (Å²) in [6.07, 6.45) is 0. The molecule has 0 radical (unpaired) electrons. The minimum atomic E-state index is -3.90. The van der Waals surface area contributed by atoms with Crippen molar-refractivity contribution in [3.8, 4) is 11.5 Å². The number of hydrogen-bond donors (Lipinski definition) is 2. The van der Waals surface area contributed by atoms with Crippen LogP contribution in [0.4, 0.5) is 5.69 Å². The zero-order valence-electron chi connectivity index (χ0n) is 17.5. The fourth-order valence-electron chi connectivity index (χ4n) is 3.07. The van der Waals surface area contributed by atoms with Crippen LogP contribution in [-0.2, 0) is 10.0 Å². The summed E-state index contributed by atoms with van der Waals surface area (Å²) in [5.41, 5.74) is 4.26. The van der Waals surface area contributed by atoms with Gasteiger partial charge in [-0.2, -0.15) is 5.10 Å². The number of ether oxygens (including phenoxy) is 2. The third-order valence-electron chi connectivity index (χ3n) is 4.79. The normalized spacial score (nSPS) is 13.3. The molecule has 2 N–H and O–H groups in total. The van der Waals surface area contributed by atoms with Crippen molar-refractivity contribution in [1.82, 2.24) is 5.43 Å². The van der Waals surface area contributed by atoms with Gasteiger partial charge in [-0.25, -0.2) is 13.8 Å². The Balaban J connectivity index is 1.47. The second-order valence-electron chi connectivity index (χ2n) is 7.14. The van der Waals surface area contributed by atoms with E-state index in [9.17, 15) is 13.2 Å². The van der Waals surface area contributed by atoms with Crippen LogP contribution in [0, 0.1) is 0 Å².